The number of hydrogen-bond donors (Lipinski definition) is 1. The summed E-state index contributed by atoms with van der Waals surface area (Å²) in [5.74, 6) is 1.02. The summed E-state index contributed by atoms with van der Waals surface area (Å²) in [6, 6.07) is 5.25. The number of rotatable bonds is 7. The van der Waals surface area contributed by atoms with Crippen LogP contribution in [0.15, 0.2) is 18.2 Å². The summed E-state index contributed by atoms with van der Waals surface area (Å²) in [4.78, 5) is 32.0. The van der Waals surface area contributed by atoms with Gasteiger partial charge in [0, 0.05) is 37.8 Å². The van der Waals surface area contributed by atoms with Gasteiger partial charge in [0.15, 0.2) is 11.6 Å². The standard InChI is InChI=1S/C23H28F2N8O2/c1-12(17-10-19(35-5)28-14(3)27-17)23(34)33-9-8-15(11-33)29-18-7-6-16(13(2)26-18)21-30-22(20(24)25)32(4)31-21/h6-7,10,12,15,20H,8-9,11H2,1-5H3,(H,26,29)/t12-,15+/m1/s1. The van der Waals surface area contributed by atoms with Crippen LogP contribution < -0.4 is 10.1 Å². The maximum absolute atomic E-state index is 13.1. The van der Waals surface area contributed by atoms with Crippen LogP contribution in [0.25, 0.3) is 11.4 Å². The molecule has 0 saturated carbocycles. The Hall–Kier alpha value is -3.70. The molecule has 0 unspecified atom stereocenters. The molecule has 0 aliphatic carbocycles. The SMILES string of the molecule is COc1cc([C@@H](C)C(=O)N2CC[C@H](Nc3ccc(-c4nc(C(F)F)n(C)n4)c(C)n3)C2)nc(C)n1. The number of halogens is 2. The van der Waals surface area contributed by atoms with Gasteiger partial charge in [0.2, 0.25) is 11.8 Å². The van der Waals surface area contributed by atoms with Crippen LogP contribution in [0.2, 0.25) is 0 Å². The summed E-state index contributed by atoms with van der Waals surface area (Å²) < 4.78 is 32.4. The number of nitrogens with one attached hydrogen (secondary N) is 1. The minimum atomic E-state index is -2.70. The molecule has 3 aromatic rings. The van der Waals surface area contributed by atoms with E-state index in [1.807, 2.05) is 11.8 Å². The molecule has 1 N–H and O–H groups in total. The Morgan fingerprint density at radius 1 is 1.20 bits per heavy atom. The topological polar surface area (TPSA) is 111 Å². The van der Waals surface area contributed by atoms with Crippen LogP contribution in [0.4, 0.5) is 14.6 Å². The smallest absolute Gasteiger partial charge is 0.297 e. The van der Waals surface area contributed by atoms with E-state index in [2.05, 4.69) is 30.4 Å². The molecule has 0 radical (unpaired) electrons. The van der Waals surface area contributed by atoms with Crippen molar-refractivity contribution in [3.8, 4) is 17.3 Å². The number of hydrogen-bond acceptors (Lipinski definition) is 8. The Bertz CT molecular complexity index is 1230. The molecular formula is C23H28F2N8O2. The molecule has 0 spiro atoms. The summed E-state index contributed by atoms with van der Waals surface area (Å²) in [5.41, 5.74) is 1.83. The highest BCUT2D eigenvalue weighted by Gasteiger charge is 2.31. The van der Waals surface area contributed by atoms with Gasteiger partial charge < -0.3 is 15.0 Å². The van der Waals surface area contributed by atoms with Crippen molar-refractivity contribution in [2.45, 2.75) is 45.6 Å². The number of ether oxygens (including phenoxy) is 1. The minimum absolute atomic E-state index is 0.00926. The minimum Gasteiger partial charge on any atom is -0.481 e. The second kappa shape index (κ2) is 9.88. The average molecular weight is 487 g/mol. The van der Waals surface area contributed by atoms with E-state index in [1.165, 1.54) is 14.2 Å². The zero-order valence-electron chi connectivity index (χ0n) is 20.3. The third-order valence-electron chi connectivity index (χ3n) is 6.03. The number of methoxy groups -OCH3 is 1. The zero-order valence-corrected chi connectivity index (χ0v) is 20.3. The number of aryl methyl sites for hydroxylation is 3. The van der Waals surface area contributed by atoms with Crippen molar-refractivity contribution in [3.05, 3.63) is 41.2 Å². The largest absolute Gasteiger partial charge is 0.481 e. The van der Waals surface area contributed by atoms with Crippen LogP contribution in [-0.4, -0.2) is 66.8 Å². The number of amides is 1. The number of carbonyl (C=O) groups excluding carboxylic acids is 1. The molecule has 1 fully saturated rings. The average Bonchev–Trinajstić information content (AvgIpc) is 3.44. The van der Waals surface area contributed by atoms with Crippen LogP contribution in [-0.2, 0) is 11.8 Å². The Kier molecular flexibility index (Phi) is 6.90. The van der Waals surface area contributed by atoms with E-state index >= 15 is 0 Å². The molecule has 0 aromatic carbocycles. The number of carbonyl (C=O) groups is 1. The third kappa shape index (κ3) is 5.20. The molecule has 1 amide bonds. The van der Waals surface area contributed by atoms with Gasteiger partial charge in [-0.25, -0.2) is 28.4 Å². The monoisotopic (exact) mass is 486 g/mol. The van der Waals surface area contributed by atoms with E-state index in [9.17, 15) is 13.6 Å². The fraction of sp³-hybridized carbons (Fsp3) is 0.478. The molecule has 12 heteroatoms. The van der Waals surface area contributed by atoms with E-state index < -0.39 is 12.3 Å². The summed E-state index contributed by atoms with van der Waals surface area (Å²) >= 11 is 0. The molecule has 3 aromatic heterocycles. The number of nitrogens with zero attached hydrogens (tertiary/aromatic N) is 7. The van der Waals surface area contributed by atoms with Crippen LogP contribution in [0.3, 0.4) is 0 Å². The second-order valence-corrected chi connectivity index (χ2v) is 8.57. The highest BCUT2D eigenvalue weighted by molar-refractivity contribution is 5.83. The number of likely N-dealkylation sites (tertiary alicyclic amines) is 1. The van der Waals surface area contributed by atoms with E-state index in [1.54, 1.807) is 32.0 Å². The molecule has 1 aliphatic heterocycles. The molecule has 4 heterocycles. The van der Waals surface area contributed by atoms with Gasteiger partial charge in [0.1, 0.15) is 11.6 Å². The summed E-state index contributed by atoms with van der Waals surface area (Å²) in [6.07, 6.45) is -1.93. The fourth-order valence-electron chi connectivity index (χ4n) is 4.15. The molecule has 186 valence electrons. The van der Waals surface area contributed by atoms with Gasteiger partial charge in [-0.15, -0.1) is 0 Å². The zero-order chi connectivity index (χ0) is 25.3. The lowest BCUT2D eigenvalue weighted by Gasteiger charge is -2.21. The first-order valence-corrected chi connectivity index (χ1v) is 11.3. The van der Waals surface area contributed by atoms with Gasteiger partial charge in [-0.3, -0.25) is 4.79 Å². The quantitative estimate of drug-likeness (QED) is 0.543. The number of pyridine rings is 1. The Morgan fingerprint density at radius 2 is 1.97 bits per heavy atom. The van der Waals surface area contributed by atoms with Crippen molar-refractivity contribution in [3.63, 3.8) is 0 Å². The number of anilines is 1. The van der Waals surface area contributed by atoms with Crippen LogP contribution in [0.1, 0.15) is 48.7 Å². The molecule has 1 aliphatic rings. The maximum Gasteiger partial charge on any atom is 0.297 e. The normalized spacial score (nSPS) is 16.6. The van der Waals surface area contributed by atoms with Crippen molar-refractivity contribution in [2.75, 3.05) is 25.5 Å². The van der Waals surface area contributed by atoms with Crippen molar-refractivity contribution in [2.24, 2.45) is 7.05 Å². The molecular weight excluding hydrogens is 458 g/mol. The van der Waals surface area contributed by atoms with Gasteiger partial charge in [0.25, 0.3) is 6.43 Å². The van der Waals surface area contributed by atoms with Crippen LogP contribution in [0.5, 0.6) is 5.88 Å². The Labute approximate surface area is 201 Å². The van der Waals surface area contributed by atoms with Crippen molar-refractivity contribution in [1.29, 1.82) is 0 Å². The lowest BCUT2D eigenvalue weighted by Crippen LogP contribution is -2.34. The van der Waals surface area contributed by atoms with Gasteiger partial charge in [-0.05, 0) is 39.3 Å². The Morgan fingerprint density at radius 3 is 2.63 bits per heavy atom. The van der Waals surface area contributed by atoms with Gasteiger partial charge in [0.05, 0.1) is 24.4 Å². The molecule has 35 heavy (non-hydrogen) atoms. The molecule has 4 rings (SSSR count). The summed E-state index contributed by atoms with van der Waals surface area (Å²) in [7, 11) is 2.97. The molecule has 2 atom stereocenters. The van der Waals surface area contributed by atoms with E-state index in [0.717, 1.165) is 11.1 Å². The van der Waals surface area contributed by atoms with E-state index in [0.29, 0.717) is 47.6 Å². The van der Waals surface area contributed by atoms with Crippen molar-refractivity contribution >= 4 is 11.7 Å². The number of aromatic nitrogens is 6. The van der Waals surface area contributed by atoms with Crippen molar-refractivity contribution < 1.29 is 18.3 Å². The lowest BCUT2D eigenvalue weighted by atomic mass is 10.1. The van der Waals surface area contributed by atoms with Gasteiger partial charge in [-0.2, -0.15) is 10.1 Å². The van der Waals surface area contributed by atoms with Gasteiger partial charge >= 0.3 is 0 Å². The first-order valence-electron chi connectivity index (χ1n) is 11.3. The predicted octanol–water partition coefficient (Wildman–Crippen LogP) is 3.05. The van der Waals surface area contributed by atoms with Gasteiger partial charge in [-0.1, -0.05) is 0 Å². The van der Waals surface area contributed by atoms with Crippen molar-refractivity contribution in [1.82, 2.24) is 34.6 Å². The molecule has 0 bridgehead atoms. The van der Waals surface area contributed by atoms with Crippen LogP contribution in [0, 0.1) is 13.8 Å². The number of alkyl halides is 2. The summed E-state index contributed by atoms with van der Waals surface area (Å²) in [5, 5.41) is 7.46. The molecule has 10 nitrogen and oxygen atoms in total. The summed E-state index contributed by atoms with van der Waals surface area (Å²) in [6.45, 7) is 6.53. The Balaban J connectivity index is 1.41. The van der Waals surface area contributed by atoms with E-state index in [4.69, 9.17) is 4.74 Å². The molecule has 1 saturated heterocycles. The fourth-order valence-corrected chi connectivity index (χ4v) is 4.15. The highest BCUT2D eigenvalue weighted by Crippen LogP contribution is 2.26. The highest BCUT2D eigenvalue weighted by atomic mass is 19.3. The first-order chi connectivity index (χ1) is 16.7. The first kappa shape index (κ1) is 24.4. The second-order valence-electron chi connectivity index (χ2n) is 8.57. The lowest BCUT2D eigenvalue weighted by molar-refractivity contribution is -0.131. The van der Waals surface area contributed by atoms with Crippen LogP contribution >= 0.6 is 0 Å². The van der Waals surface area contributed by atoms with E-state index in [-0.39, 0.29) is 23.6 Å². The maximum atomic E-state index is 13.1. The predicted molar refractivity (Wildman–Crippen MR) is 124 cm³/mol. The third-order valence-corrected chi connectivity index (χ3v) is 6.03.